The Kier molecular flexibility index (Phi) is 2.75. The van der Waals surface area contributed by atoms with Crippen molar-refractivity contribution in [2.75, 3.05) is 5.73 Å². The van der Waals surface area contributed by atoms with Gasteiger partial charge in [-0.25, -0.2) is 15.0 Å². The van der Waals surface area contributed by atoms with Crippen LogP contribution in [0.4, 0.5) is 5.82 Å². The summed E-state index contributed by atoms with van der Waals surface area (Å²) in [4.78, 5) is 12.9. The van der Waals surface area contributed by atoms with Gasteiger partial charge in [0, 0.05) is 24.8 Å². The second-order valence-corrected chi connectivity index (χ2v) is 4.95. The monoisotopic (exact) mass is 272 g/mol. The summed E-state index contributed by atoms with van der Waals surface area (Å²) in [5.74, 6) is 1.11. The molecule has 0 spiro atoms. The van der Waals surface area contributed by atoms with Crippen molar-refractivity contribution < 1.29 is 0 Å². The molecular formula is C12H12N6S. The first-order chi connectivity index (χ1) is 9.15. The molecule has 0 saturated heterocycles. The second-order valence-electron chi connectivity index (χ2n) is 4.09. The molecule has 3 rings (SSSR count). The van der Waals surface area contributed by atoms with Crippen LogP contribution in [-0.2, 0) is 7.05 Å². The number of hydrogen-bond donors (Lipinski definition) is 1. The normalized spacial score (nSPS) is 10.8. The molecule has 6 nitrogen and oxygen atoms in total. The third-order valence-corrected chi connectivity index (χ3v) is 3.63. The van der Waals surface area contributed by atoms with Crippen LogP contribution >= 0.6 is 11.3 Å². The Balaban J connectivity index is 2.04. The van der Waals surface area contributed by atoms with Crippen LogP contribution in [0.25, 0.3) is 22.0 Å². The van der Waals surface area contributed by atoms with Crippen molar-refractivity contribution >= 4 is 17.2 Å². The highest BCUT2D eigenvalue weighted by Crippen LogP contribution is 2.30. The van der Waals surface area contributed by atoms with Crippen molar-refractivity contribution in [2.24, 2.45) is 7.05 Å². The van der Waals surface area contributed by atoms with Crippen molar-refractivity contribution in [3.05, 3.63) is 29.7 Å². The van der Waals surface area contributed by atoms with Gasteiger partial charge in [0.05, 0.1) is 17.0 Å². The predicted octanol–water partition coefficient (Wildman–Crippen LogP) is 1.89. The Morgan fingerprint density at radius 1 is 1.32 bits per heavy atom. The van der Waals surface area contributed by atoms with Gasteiger partial charge in [0.2, 0.25) is 0 Å². The second kappa shape index (κ2) is 4.43. The third kappa shape index (κ3) is 2.08. The molecule has 19 heavy (non-hydrogen) atoms. The molecule has 3 aromatic rings. The molecule has 0 aliphatic carbocycles. The van der Waals surface area contributed by atoms with Crippen molar-refractivity contribution in [3.63, 3.8) is 0 Å². The molecule has 2 N–H and O–H groups in total. The molecule has 0 unspecified atom stereocenters. The number of aryl methyl sites for hydroxylation is 2. The minimum atomic E-state index is 0.457. The van der Waals surface area contributed by atoms with Crippen molar-refractivity contribution in [1.29, 1.82) is 0 Å². The number of nitrogen functional groups attached to an aromatic ring is 1. The summed E-state index contributed by atoms with van der Waals surface area (Å²) in [5, 5.41) is 6.93. The topological polar surface area (TPSA) is 82.5 Å². The number of anilines is 1. The van der Waals surface area contributed by atoms with Crippen molar-refractivity contribution in [3.8, 4) is 22.0 Å². The average Bonchev–Trinajstić information content (AvgIpc) is 2.97. The fourth-order valence-electron chi connectivity index (χ4n) is 1.79. The molecule has 0 aliphatic heterocycles. The van der Waals surface area contributed by atoms with Crippen LogP contribution in [0.3, 0.4) is 0 Å². The van der Waals surface area contributed by atoms with Crippen LogP contribution in [0.15, 0.2) is 23.8 Å². The van der Waals surface area contributed by atoms with Gasteiger partial charge in [-0.15, -0.1) is 11.3 Å². The zero-order valence-electron chi connectivity index (χ0n) is 10.5. The van der Waals surface area contributed by atoms with Crippen LogP contribution < -0.4 is 5.73 Å². The minimum Gasteiger partial charge on any atom is -0.383 e. The standard InChI is InChI=1S/C12H12N6S/c1-7-14-5-8(11(13)16-7)12-17-9(6-19-12)10-3-4-15-18(10)2/h3-6H,1-2H3,(H2,13,14,16). The lowest BCUT2D eigenvalue weighted by Gasteiger charge is -2.01. The molecule has 0 fully saturated rings. The minimum absolute atomic E-state index is 0.457. The van der Waals surface area contributed by atoms with Crippen LogP contribution in [0.1, 0.15) is 5.82 Å². The van der Waals surface area contributed by atoms with Crippen LogP contribution in [0, 0.1) is 6.92 Å². The molecule has 0 amide bonds. The molecule has 3 aromatic heterocycles. The Hall–Kier alpha value is -2.28. The predicted molar refractivity (Wildman–Crippen MR) is 74.5 cm³/mol. The molecular weight excluding hydrogens is 260 g/mol. The van der Waals surface area contributed by atoms with E-state index in [1.54, 1.807) is 17.1 Å². The van der Waals surface area contributed by atoms with Gasteiger partial charge in [0.25, 0.3) is 0 Å². The van der Waals surface area contributed by atoms with Gasteiger partial charge >= 0.3 is 0 Å². The largest absolute Gasteiger partial charge is 0.383 e. The maximum Gasteiger partial charge on any atom is 0.137 e. The van der Waals surface area contributed by atoms with E-state index in [0.29, 0.717) is 11.6 Å². The van der Waals surface area contributed by atoms with Gasteiger partial charge in [-0.1, -0.05) is 0 Å². The van der Waals surface area contributed by atoms with E-state index in [1.165, 1.54) is 11.3 Å². The number of nitrogens with zero attached hydrogens (tertiary/aromatic N) is 5. The summed E-state index contributed by atoms with van der Waals surface area (Å²) >= 11 is 1.52. The number of hydrogen-bond acceptors (Lipinski definition) is 6. The van der Waals surface area contributed by atoms with Gasteiger partial charge in [-0.2, -0.15) is 5.10 Å². The van der Waals surface area contributed by atoms with Crippen LogP contribution in [0.2, 0.25) is 0 Å². The Morgan fingerprint density at radius 2 is 2.16 bits per heavy atom. The van der Waals surface area contributed by atoms with E-state index in [-0.39, 0.29) is 0 Å². The van der Waals surface area contributed by atoms with Gasteiger partial charge < -0.3 is 5.73 Å². The molecule has 0 aliphatic rings. The maximum atomic E-state index is 5.91. The fraction of sp³-hybridized carbons (Fsp3) is 0.167. The number of aromatic nitrogens is 5. The van der Waals surface area contributed by atoms with E-state index in [4.69, 9.17) is 5.73 Å². The molecule has 0 radical (unpaired) electrons. The fourth-order valence-corrected chi connectivity index (χ4v) is 2.62. The van der Waals surface area contributed by atoms with Crippen molar-refractivity contribution in [1.82, 2.24) is 24.7 Å². The first-order valence-corrected chi connectivity index (χ1v) is 6.56. The smallest absolute Gasteiger partial charge is 0.137 e. The molecule has 0 atom stereocenters. The molecule has 0 aromatic carbocycles. The highest BCUT2D eigenvalue weighted by atomic mass is 32.1. The summed E-state index contributed by atoms with van der Waals surface area (Å²) in [7, 11) is 1.89. The van der Waals surface area contributed by atoms with Crippen LogP contribution in [-0.4, -0.2) is 24.7 Å². The summed E-state index contributed by atoms with van der Waals surface area (Å²) in [6.07, 6.45) is 3.46. The summed E-state index contributed by atoms with van der Waals surface area (Å²) in [6.45, 7) is 1.81. The summed E-state index contributed by atoms with van der Waals surface area (Å²) in [6, 6.07) is 1.92. The van der Waals surface area contributed by atoms with Gasteiger partial charge in [-0.05, 0) is 13.0 Å². The number of thiazole rings is 1. The van der Waals surface area contributed by atoms with Crippen molar-refractivity contribution in [2.45, 2.75) is 6.92 Å². The first kappa shape index (κ1) is 11.8. The maximum absolute atomic E-state index is 5.91. The molecule has 7 heteroatoms. The van der Waals surface area contributed by atoms with Gasteiger partial charge in [0.15, 0.2) is 0 Å². The van der Waals surface area contributed by atoms with E-state index in [9.17, 15) is 0 Å². The van der Waals surface area contributed by atoms with E-state index in [1.807, 2.05) is 25.4 Å². The lowest BCUT2D eigenvalue weighted by molar-refractivity contribution is 0.774. The highest BCUT2D eigenvalue weighted by Gasteiger charge is 2.12. The average molecular weight is 272 g/mol. The molecule has 3 heterocycles. The third-order valence-electron chi connectivity index (χ3n) is 2.76. The lowest BCUT2D eigenvalue weighted by atomic mass is 10.3. The van der Waals surface area contributed by atoms with Gasteiger partial charge in [0.1, 0.15) is 16.6 Å². The molecule has 96 valence electrons. The molecule has 0 saturated carbocycles. The van der Waals surface area contributed by atoms with E-state index in [2.05, 4.69) is 20.1 Å². The number of rotatable bonds is 2. The highest BCUT2D eigenvalue weighted by molar-refractivity contribution is 7.13. The van der Waals surface area contributed by atoms with Crippen LogP contribution in [0.5, 0.6) is 0 Å². The SMILES string of the molecule is Cc1ncc(-c2nc(-c3ccnn3C)cs2)c(N)n1. The zero-order chi connectivity index (χ0) is 13.4. The van der Waals surface area contributed by atoms with E-state index >= 15 is 0 Å². The Morgan fingerprint density at radius 3 is 2.84 bits per heavy atom. The quantitative estimate of drug-likeness (QED) is 0.770. The Labute approximate surface area is 114 Å². The summed E-state index contributed by atoms with van der Waals surface area (Å²) in [5.41, 5.74) is 8.52. The Bertz CT molecular complexity index is 729. The first-order valence-electron chi connectivity index (χ1n) is 5.68. The van der Waals surface area contributed by atoms with E-state index < -0.39 is 0 Å². The zero-order valence-corrected chi connectivity index (χ0v) is 11.3. The van der Waals surface area contributed by atoms with Gasteiger partial charge in [-0.3, -0.25) is 4.68 Å². The number of nitrogens with two attached hydrogens (primary N) is 1. The lowest BCUT2D eigenvalue weighted by Crippen LogP contribution is -1.98. The summed E-state index contributed by atoms with van der Waals surface area (Å²) < 4.78 is 1.79. The van der Waals surface area contributed by atoms with E-state index in [0.717, 1.165) is 22.0 Å². The molecule has 0 bridgehead atoms.